The van der Waals surface area contributed by atoms with Crippen molar-refractivity contribution in [3.05, 3.63) is 23.5 Å². The molecule has 1 aromatic rings. The van der Waals surface area contributed by atoms with Gasteiger partial charge in [-0.15, -0.1) is 0 Å². The molecule has 4 saturated carbocycles. The van der Waals surface area contributed by atoms with Crippen molar-refractivity contribution in [1.29, 1.82) is 0 Å². The molecule has 9 heteroatoms. The van der Waals surface area contributed by atoms with Crippen LogP contribution in [0.1, 0.15) is 75.6 Å². The molecule has 4 aliphatic carbocycles. The summed E-state index contributed by atoms with van der Waals surface area (Å²) in [6.07, 6.45) is 6.38. The quantitative estimate of drug-likeness (QED) is 0.459. The minimum Gasteiger partial charge on any atom is -0.496 e. The van der Waals surface area contributed by atoms with Crippen molar-refractivity contribution in [2.24, 2.45) is 28.6 Å². The van der Waals surface area contributed by atoms with Gasteiger partial charge in [0.2, 0.25) is 5.91 Å². The van der Waals surface area contributed by atoms with Gasteiger partial charge in [0.1, 0.15) is 11.9 Å². The number of halogens is 1. The zero-order chi connectivity index (χ0) is 26.5. The molecule has 37 heavy (non-hydrogen) atoms. The zero-order valence-corrected chi connectivity index (χ0v) is 21.8. The van der Waals surface area contributed by atoms with E-state index in [0.717, 1.165) is 38.2 Å². The van der Waals surface area contributed by atoms with Crippen molar-refractivity contribution in [2.75, 3.05) is 13.7 Å². The van der Waals surface area contributed by atoms with E-state index in [1.165, 1.54) is 19.6 Å². The van der Waals surface area contributed by atoms with Crippen molar-refractivity contribution in [3.8, 4) is 11.5 Å². The Kier molecular flexibility index (Phi) is 6.61. The highest BCUT2D eigenvalue weighted by molar-refractivity contribution is 5.98. The van der Waals surface area contributed by atoms with Crippen molar-refractivity contribution >= 4 is 17.8 Å². The third-order valence-electron chi connectivity index (χ3n) is 9.43. The molecule has 0 aromatic heterocycles. The van der Waals surface area contributed by atoms with Gasteiger partial charge in [0.25, 0.3) is 5.91 Å². The Morgan fingerprint density at radius 1 is 1.11 bits per heavy atom. The number of fused-ring (bicyclic) bond motifs is 2. The number of carbonyl (C=O) groups is 3. The van der Waals surface area contributed by atoms with Crippen LogP contribution in [0.5, 0.6) is 11.5 Å². The number of hydrogen-bond donors (Lipinski definition) is 3. The molecule has 0 unspecified atom stereocenters. The van der Waals surface area contributed by atoms with Crippen LogP contribution >= 0.6 is 0 Å². The van der Waals surface area contributed by atoms with Crippen LogP contribution in [0.3, 0.4) is 0 Å². The molecule has 202 valence electrons. The fourth-order valence-electron chi connectivity index (χ4n) is 6.84. The number of hydrogen-bond acceptors (Lipinski definition) is 5. The summed E-state index contributed by atoms with van der Waals surface area (Å²) in [6, 6.07) is 2.14. The Morgan fingerprint density at radius 3 is 2.43 bits per heavy atom. The zero-order valence-electron chi connectivity index (χ0n) is 21.8. The first-order chi connectivity index (χ1) is 17.5. The summed E-state index contributed by atoms with van der Waals surface area (Å²) in [7, 11) is 1.37. The van der Waals surface area contributed by atoms with Gasteiger partial charge in [0, 0.05) is 31.5 Å². The van der Waals surface area contributed by atoms with E-state index >= 15 is 0 Å². The van der Waals surface area contributed by atoms with Crippen LogP contribution in [0.25, 0.3) is 0 Å². The molecule has 8 nitrogen and oxygen atoms in total. The SMILES string of the molecule is COc1cc(F)c(OC2CC(C)(C(=O)O)C2)cc1C(=O)N[C@@H]1[C@H]2CC[C@H](C2)[C@@H]1C(=O)NCC1(C)CCC1. The van der Waals surface area contributed by atoms with Gasteiger partial charge >= 0.3 is 5.97 Å². The van der Waals surface area contributed by atoms with Crippen LogP contribution in [0.2, 0.25) is 0 Å². The summed E-state index contributed by atoms with van der Waals surface area (Å²) in [5.41, 5.74) is -0.587. The summed E-state index contributed by atoms with van der Waals surface area (Å²) in [4.78, 5) is 38.0. The molecule has 4 aliphatic rings. The summed E-state index contributed by atoms with van der Waals surface area (Å²) >= 11 is 0. The summed E-state index contributed by atoms with van der Waals surface area (Å²) < 4.78 is 25.8. The highest BCUT2D eigenvalue weighted by atomic mass is 19.1. The lowest BCUT2D eigenvalue weighted by molar-refractivity contribution is -0.159. The molecule has 0 radical (unpaired) electrons. The summed E-state index contributed by atoms with van der Waals surface area (Å²) in [5, 5.41) is 15.6. The van der Waals surface area contributed by atoms with E-state index in [1.54, 1.807) is 6.92 Å². The van der Waals surface area contributed by atoms with E-state index in [0.29, 0.717) is 6.54 Å². The number of nitrogens with one attached hydrogen (secondary N) is 2. The van der Waals surface area contributed by atoms with E-state index in [9.17, 15) is 23.9 Å². The topological polar surface area (TPSA) is 114 Å². The standard InChI is InChI=1S/C28H37FN2O6/c1-27(7-4-8-27)14-30-25(33)22-15-5-6-16(9-15)23(22)31-24(32)18-10-21(19(29)11-20(18)36-3)37-17-12-28(2,13-17)26(34)35/h10-11,15-17,22-23H,4-9,12-14H2,1-3H3,(H,30,33)(H,31,32)(H,34,35)/t15-,16+,17?,22+,23-,28?/m1/s1. The normalized spacial score (nSPS) is 33.1. The maximum absolute atomic E-state index is 14.8. The molecule has 0 saturated heterocycles. The van der Waals surface area contributed by atoms with Crippen LogP contribution in [0, 0.1) is 34.4 Å². The predicted octanol–water partition coefficient (Wildman–Crippen LogP) is 3.92. The second kappa shape index (κ2) is 9.48. The highest BCUT2D eigenvalue weighted by Crippen LogP contribution is 2.49. The number of benzene rings is 1. The first-order valence-electron chi connectivity index (χ1n) is 13.4. The number of carbonyl (C=O) groups excluding carboxylic acids is 2. The first-order valence-corrected chi connectivity index (χ1v) is 13.4. The number of aliphatic carboxylic acids is 1. The lowest BCUT2D eigenvalue weighted by Gasteiger charge is -2.41. The van der Waals surface area contributed by atoms with E-state index in [1.807, 2.05) is 0 Å². The summed E-state index contributed by atoms with van der Waals surface area (Å²) in [6.45, 7) is 4.49. The van der Waals surface area contributed by atoms with Crippen molar-refractivity contribution in [2.45, 2.75) is 77.4 Å². The molecule has 2 amide bonds. The Balaban J connectivity index is 1.29. The van der Waals surface area contributed by atoms with Crippen LogP contribution in [0.15, 0.2) is 12.1 Å². The molecule has 0 heterocycles. The lowest BCUT2D eigenvalue weighted by Crippen LogP contribution is -2.51. The second-order valence-electron chi connectivity index (χ2n) is 12.2. The van der Waals surface area contributed by atoms with E-state index < -0.39 is 29.2 Å². The maximum Gasteiger partial charge on any atom is 0.309 e. The number of rotatable bonds is 9. The smallest absolute Gasteiger partial charge is 0.309 e. The average Bonchev–Trinajstić information content (AvgIpc) is 3.42. The Labute approximate surface area is 216 Å². The van der Waals surface area contributed by atoms with Crippen LogP contribution in [0.4, 0.5) is 4.39 Å². The fraction of sp³-hybridized carbons (Fsp3) is 0.679. The van der Waals surface area contributed by atoms with Gasteiger partial charge in [0.05, 0.1) is 24.0 Å². The van der Waals surface area contributed by atoms with Crippen LogP contribution < -0.4 is 20.1 Å². The third kappa shape index (κ3) is 4.77. The van der Waals surface area contributed by atoms with E-state index in [2.05, 4.69) is 17.6 Å². The van der Waals surface area contributed by atoms with E-state index in [4.69, 9.17) is 9.47 Å². The Hall–Kier alpha value is -2.84. The molecular formula is C28H37FN2O6. The fourth-order valence-corrected chi connectivity index (χ4v) is 6.84. The van der Waals surface area contributed by atoms with Gasteiger partial charge in [-0.2, -0.15) is 0 Å². The van der Waals surface area contributed by atoms with E-state index in [-0.39, 0.29) is 65.0 Å². The van der Waals surface area contributed by atoms with Gasteiger partial charge < -0.3 is 25.2 Å². The third-order valence-corrected chi connectivity index (χ3v) is 9.43. The monoisotopic (exact) mass is 516 g/mol. The van der Waals surface area contributed by atoms with Gasteiger partial charge in [-0.3, -0.25) is 14.4 Å². The number of carboxylic acid groups (broad SMARTS) is 1. The molecule has 4 atom stereocenters. The largest absolute Gasteiger partial charge is 0.496 e. The minimum atomic E-state index is -0.908. The maximum atomic E-state index is 14.8. The molecule has 5 rings (SSSR count). The number of ether oxygens (including phenoxy) is 2. The van der Waals surface area contributed by atoms with Gasteiger partial charge in [-0.05, 0) is 62.3 Å². The second-order valence-corrected chi connectivity index (χ2v) is 12.2. The first kappa shape index (κ1) is 25.8. The molecule has 0 aliphatic heterocycles. The number of methoxy groups -OCH3 is 1. The summed E-state index contributed by atoms with van der Waals surface area (Å²) in [5.74, 6) is -1.85. The van der Waals surface area contributed by atoms with Gasteiger partial charge in [0.15, 0.2) is 11.6 Å². The highest BCUT2D eigenvalue weighted by Gasteiger charge is 2.52. The van der Waals surface area contributed by atoms with Crippen molar-refractivity contribution in [3.63, 3.8) is 0 Å². The van der Waals surface area contributed by atoms with Gasteiger partial charge in [-0.1, -0.05) is 13.3 Å². The van der Waals surface area contributed by atoms with Crippen LogP contribution in [-0.4, -0.2) is 48.7 Å². The average molecular weight is 517 g/mol. The van der Waals surface area contributed by atoms with Crippen molar-refractivity contribution in [1.82, 2.24) is 10.6 Å². The number of amides is 2. The molecular weight excluding hydrogens is 479 g/mol. The molecule has 2 bridgehead atoms. The predicted molar refractivity (Wildman–Crippen MR) is 133 cm³/mol. The molecule has 1 aromatic carbocycles. The lowest BCUT2D eigenvalue weighted by atomic mass is 9.68. The van der Waals surface area contributed by atoms with Crippen molar-refractivity contribution < 1.29 is 33.4 Å². The van der Waals surface area contributed by atoms with Crippen LogP contribution in [-0.2, 0) is 9.59 Å². The Bertz CT molecular complexity index is 1100. The molecule has 3 N–H and O–H groups in total. The minimum absolute atomic E-state index is 0.00665. The Morgan fingerprint density at radius 2 is 1.81 bits per heavy atom. The molecule has 0 spiro atoms. The molecule has 4 fully saturated rings. The number of carboxylic acids is 1. The van der Waals surface area contributed by atoms with Gasteiger partial charge in [-0.25, -0.2) is 4.39 Å².